The maximum atomic E-state index is 13.2. The van der Waals surface area contributed by atoms with E-state index in [0.29, 0.717) is 6.54 Å². The second-order valence-electron chi connectivity index (χ2n) is 4.92. The molecule has 88 valence electrons. The summed E-state index contributed by atoms with van der Waals surface area (Å²) in [6, 6.07) is 1.38. The van der Waals surface area contributed by atoms with Crippen LogP contribution in [0.2, 0.25) is 0 Å². The lowest BCUT2D eigenvalue weighted by Gasteiger charge is -2.18. The van der Waals surface area contributed by atoms with Gasteiger partial charge in [0, 0.05) is 12.7 Å². The van der Waals surface area contributed by atoms with Gasteiger partial charge >= 0.3 is 0 Å². The zero-order chi connectivity index (χ0) is 12.2. The van der Waals surface area contributed by atoms with Gasteiger partial charge in [0.05, 0.1) is 11.8 Å². The van der Waals surface area contributed by atoms with E-state index in [9.17, 15) is 9.18 Å². The Balaban J connectivity index is 2.51. The second kappa shape index (κ2) is 5.05. The zero-order valence-electron chi connectivity index (χ0n) is 9.88. The quantitative estimate of drug-likeness (QED) is 0.856. The minimum Gasteiger partial charge on any atom is -0.352 e. The number of nitrogens with one attached hydrogen (secondary N) is 1. The fraction of sp³-hybridized carbons (Fsp3) is 0.500. The molecule has 1 heterocycles. The Morgan fingerprint density at radius 1 is 1.50 bits per heavy atom. The van der Waals surface area contributed by atoms with Crippen molar-refractivity contribution in [3.8, 4) is 0 Å². The monoisotopic (exact) mass is 224 g/mol. The molecule has 3 nitrogen and oxygen atoms in total. The van der Waals surface area contributed by atoms with Crippen molar-refractivity contribution < 1.29 is 9.18 Å². The lowest BCUT2D eigenvalue weighted by molar-refractivity contribution is 0.0945. The van der Waals surface area contributed by atoms with Gasteiger partial charge in [0.2, 0.25) is 0 Å². The van der Waals surface area contributed by atoms with E-state index in [0.717, 1.165) is 12.6 Å². The molecular formula is C12H17FN2O. The van der Waals surface area contributed by atoms with Crippen molar-refractivity contribution in [2.45, 2.75) is 27.2 Å². The van der Waals surface area contributed by atoms with E-state index >= 15 is 0 Å². The summed E-state index contributed by atoms with van der Waals surface area (Å²) < 4.78 is 13.2. The van der Waals surface area contributed by atoms with Crippen LogP contribution in [0.3, 0.4) is 0 Å². The number of amides is 1. The van der Waals surface area contributed by atoms with Crippen LogP contribution in [0.15, 0.2) is 18.5 Å². The third kappa shape index (κ3) is 3.96. The fourth-order valence-corrected chi connectivity index (χ4v) is 1.21. The van der Waals surface area contributed by atoms with Gasteiger partial charge in [-0.2, -0.15) is 0 Å². The molecule has 0 aromatic carbocycles. The van der Waals surface area contributed by atoms with Gasteiger partial charge in [-0.1, -0.05) is 20.8 Å². The van der Waals surface area contributed by atoms with Crippen LogP contribution in [0.4, 0.5) is 4.39 Å². The van der Waals surface area contributed by atoms with Crippen molar-refractivity contribution in [1.82, 2.24) is 10.3 Å². The smallest absolute Gasteiger partial charge is 0.254 e. The molecule has 0 bridgehead atoms. The summed E-state index contributed by atoms with van der Waals surface area (Å²) in [5, 5.41) is 2.69. The molecule has 1 aromatic rings. The van der Waals surface area contributed by atoms with Crippen LogP contribution in [0.25, 0.3) is 0 Å². The molecule has 0 aliphatic carbocycles. The number of carbonyl (C=O) groups excluding carboxylic acids is 1. The van der Waals surface area contributed by atoms with Gasteiger partial charge < -0.3 is 5.32 Å². The minimum absolute atomic E-state index is 0.0453. The molecule has 0 fully saturated rings. The standard InChI is InChI=1S/C12H17FN2O/c1-12(2,3)5-7-15-11(16)9-4-6-14-8-10(9)13/h4,6,8H,5,7H2,1-3H3,(H,15,16). The highest BCUT2D eigenvalue weighted by Crippen LogP contribution is 2.17. The highest BCUT2D eigenvalue weighted by atomic mass is 19.1. The average Bonchev–Trinajstić information content (AvgIpc) is 2.16. The first kappa shape index (κ1) is 12.6. The highest BCUT2D eigenvalue weighted by Gasteiger charge is 2.13. The Bertz CT molecular complexity index is 372. The lowest BCUT2D eigenvalue weighted by Crippen LogP contribution is -2.28. The van der Waals surface area contributed by atoms with Crippen LogP contribution in [0.1, 0.15) is 37.6 Å². The molecule has 0 aliphatic rings. The number of hydrogen-bond acceptors (Lipinski definition) is 2. The summed E-state index contributed by atoms with van der Waals surface area (Å²) in [7, 11) is 0. The fourth-order valence-electron chi connectivity index (χ4n) is 1.21. The van der Waals surface area contributed by atoms with Gasteiger partial charge in [-0.3, -0.25) is 9.78 Å². The summed E-state index contributed by atoms with van der Waals surface area (Å²) in [5.41, 5.74) is 0.202. The van der Waals surface area contributed by atoms with E-state index in [-0.39, 0.29) is 16.9 Å². The molecular weight excluding hydrogens is 207 g/mol. The van der Waals surface area contributed by atoms with Crippen LogP contribution in [-0.2, 0) is 0 Å². The number of halogens is 1. The summed E-state index contributed by atoms with van der Waals surface area (Å²) in [5.74, 6) is -0.972. The summed E-state index contributed by atoms with van der Waals surface area (Å²) in [6.45, 7) is 6.81. The predicted octanol–water partition coefficient (Wildman–Crippen LogP) is 2.39. The van der Waals surface area contributed by atoms with Crippen LogP contribution in [-0.4, -0.2) is 17.4 Å². The van der Waals surface area contributed by atoms with Gasteiger partial charge in [-0.05, 0) is 17.9 Å². The van der Waals surface area contributed by atoms with Gasteiger partial charge in [0.15, 0.2) is 5.82 Å². The van der Waals surface area contributed by atoms with Gasteiger partial charge in [-0.25, -0.2) is 4.39 Å². The minimum atomic E-state index is -0.587. The SMILES string of the molecule is CC(C)(C)CCNC(=O)c1ccncc1F. The van der Waals surface area contributed by atoms with E-state index in [4.69, 9.17) is 0 Å². The van der Waals surface area contributed by atoms with Crippen LogP contribution in [0, 0.1) is 11.2 Å². The number of hydrogen-bond donors (Lipinski definition) is 1. The molecule has 0 atom stereocenters. The molecule has 0 aliphatic heterocycles. The first-order valence-corrected chi connectivity index (χ1v) is 5.28. The molecule has 0 saturated carbocycles. The van der Waals surface area contributed by atoms with Crippen molar-refractivity contribution >= 4 is 5.91 Å². The Labute approximate surface area is 95.1 Å². The van der Waals surface area contributed by atoms with E-state index in [1.807, 2.05) is 0 Å². The maximum absolute atomic E-state index is 13.2. The largest absolute Gasteiger partial charge is 0.352 e. The first-order valence-electron chi connectivity index (χ1n) is 5.28. The Morgan fingerprint density at radius 2 is 2.19 bits per heavy atom. The third-order valence-electron chi connectivity index (χ3n) is 2.18. The Hall–Kier alpha value is -1.45. The molecule has 1 aromatic heterocycles. The number of pyridine rings is 1. The molecule has 0 radical (unpaired) electrons. The second-order valence-corrected chi connectivity index (χ2v) is 4.92. The molecule has 0 saturated heterocycles. The first-order chi connectivity index (χ1) is 7.40. The molecule has 0 spiro atoms. The number of rotatable bonds is 3. The van der Waals surface area contributed by atoms with E-state index in [2.05, 4.69) is 31.1 Å². The molecule has 1 N–H and O–H groups in total. The molecule has 16 heavy (non-hydrogen) atoms. The summed E-state index contributed by atoms with van der Waals surface area (Å²) >= 11 is 0. The van der Waals surface area contributed by atoms with Crippen LogP contribution < -0.4 is 5.32 Å². The zero-order valence-corrected chi connectivity index (χ0v) is 9.88. The Kier molecular flexibility index (Phi) is 3.99. The van der Waals surface area contributed by atoms with Crippen LogP contribution >= 0.6 is 0 Å². The Morgan fingerprint density at radius 3 is 2.75 bits per heavy atom. The topological polar surface area (TPSA) is 42.0 Å². The van der Waals surface area contributed by atoms with Gasteiger partial charge in [-0.15, -0.1) is 0 Å². The van der Waals surface area contributed by atoms with Crippen molar-refractivity contribution in [2.75, 3.05) is 6.54 Å². The van der Waals surface area contributed by atoms with Crippen molar-refractivity contribution in [3.63, 3.8) is 0 Å². The normalized spacial score (nSPS) is 11.2. The van der Waals surface area contributed by atoms with E-state index < -0.39 is 5.82 Å². The van der Waals surface area contributed by atoms with Crippen molar-refractivity contribution in [1.29, 1.82) is 0 Å². The number of aromatic nitrogens is 1. The third-order valence-corrected chi connectivity index (χ3v) is 2.18. The average molecular weight is 224 g/mol. The number of nitrogens with zero attached hydrogens (tertiary/aromatic N) is 1. The van der Waals surface area contributed by atoms with Gasteiger partial charge in [0.25, 0.3) is 5.91 Å². The van der Waals surface area contributed by atoms with Crippen LogP contribution in [0.5, 0.6) is 0 Å². The van der Waals surface area contributed by atoms with E-state index in [1.165, 1.54) is 12.3 Å². The van der Waals surface area contributed by atoms with E-state index in [1.54, 1.807) is 0 Å². The molecule has 0 unspecified atom stereocenters. The van der Waals surface area contributed by atoms with Gasteiger partial charge in [0.1, 0.15) is 0 Å². The summed E-state index contributed by atoms with van der Waals surface area (Å²) in [6.07, 6.45) is 3.30. The predicted molar refractivity (Wildman–Crippen MR) is 60.6 cm³/mol. The summed E-state index contributed by atoms with van der Waals surface area (Å²) in [4.78, 5) is 15.2. The molecule has 1 rings (SSSR count). The van der Waals surface area contributed by atoms with Crippen molar-refractivity contribution in [3.05, 3.63) is 29.8 Å². The highest BCUT2D eigenvalue weighted by molar-refractivity contribution is 5.94. The molecule has 1 amide bonds. The maximum Gasteiger partial charge on any atom is 0.254 e. The lowest BCUT2D eigenvalue weighted by atomic mass is 9.92. The number of carbonyl (C=O) groups is 1. The molecule has 4 heteroatoms. The van der Waals surface area contributed by atoms with Crippen molar-refractivity contribution in [2.24, 2.45) is 5.41 Å².